The van der Waals surface area contributed by atoms with Gasteiger partial charge in [-0.05, 0) is 66.1 Å². The van der Waals surface area contributed by atoms with Crippen LogP contribution in [0.1, 0.15) is 49.8 Å². The van der Waals surface area contributed by atoms with Gasteiger partial charge >= 0.3 is 6.09 Å². The van der Waals surface area contributed by atoms with Crippen LogP contribution in [0.15, 0.2) is 60.2 Å². The minimum absolute atomic E-state index is 0.000684. The van der Waals surface area contributed by atoms with Crippen LogP contribution in [-0.2, 0) is 32.1 Å². The maximum absolute atomic E-state index is 14.7. The second-order valence-corrected chi connectivity index (χ2v) is 14.7. The number of rotatable bonds is 17. The number of aryl methyl sites for hydroxylation is 1. The Morgan fingerprint density at radius 2 is 1.65 bits per heavy atom. The molecule has 5 rings (SSSR count). The summed E-state index contributed by atoms with van der Waals surface area (Å²) >= 11 is 18.8. The maximum atomic E-state index is 14.7. The smallest absolute Gasteiger partial charge is 0.410 e. The number of hydrogen-bond donors (Lipinski definition) is 0. The summed E-state index contributed by atoms with van der Waals surface area (Å²) < 4.78 is 44.1. The highest BCUT2D eigenvalue weighted by Gasteiger charge is 2.43. The third-order valence-electron chi connectivity index (χ3n) is 9.03. The van der Waals surface area contributed by atoms with Gasteiger partial charge in [-0.1, -0.05) is 85.0 Å². The molecule has 0 N–H and O–H groups in total. The molecule has 1 saturated carbocycles. The lowest BCUT2D eigenvalue weighted by molar-refractivity contribution is -0.758. The number of ether oxygens (including phenoxy) is 3. The highest BCUT2D eigenvalue weighted by atomic mass is 35.5. The lowest BCUT2D eigenvalue weighted by Crippen LogP contribution is -2.48. The van der Waals surface area contributed by atoms with Gasteiger partial charge in [0.1, 0.15) is 24.1 Å². The van der Waals surface area contributed by atoms with Gasteiger partial charge in [-0.15, -0.1) is 10.1 Å². The van der Waals surface area contributed by atoms with Crippen molar-refractivity contribution in [1.82, 2.24) is 9.80 Å². The fourth-order valence-electron chi connectivity index (χ4n) is 6.42. The Bertz CT molecular complexity index is 1870. The SMILES string of the molecule is CC1(C)CN(C(=O)OCCOCCO[N+](=O)[O-])CC(C(=O)N(Cc2cccc(Cl)c2Cl)C2CC2)=C1c1ccc(CCCOc2c(F)ccc(F)c2Cl)cc1. The summed E-state index contributed by atoms with van der Waals surface area (Å²) in [5.41, 5.74) is 3.01. The molecule has 290 valence electrons. The van der Waals surface area contributed by atoms with Crippen molar-refractivity contribution in [2.24, 2.45) is 5.41 Å². The molecule has 0 saturated heterocycles. The van der Waals surface area contributed by atoms with Crippen molar-refractivity contribution in [1.29, 1.82) is 0 Å². The van der Waals surface area contributed by atoms with E-state index in [0.29, 0.717) is 34.0 Å². The number of benzene rings is 3. The molecule has 3 aromatic rings. The normalized spacial score (nSPS) is 15.2. The standard InChI is InChI=1S/C38H40Cl3F2N3O8/c1-38(2)23-44(37(48)53-19-17-51-18-20-54-46(49)50)22-28(36(47)45(27-12-13-27)21-26-6-3-7-29(39)33(26)40)32(38)25-10-8-24(9-11-25)5-4-16-52-35-31(43)15-14-30(42)34(35)41/h3,6-11,14-15,27H,4-5,12-13,16-23H2,1-2H3. The van der Waals surface area contributed by atoms with E-state index in [1.807, 2.05) is 44.2 Å². The summed E-state index contributed by atoms with van der Waals surface area (Å²) in [6.45, 7) is 4.09. The summed E-state index contributed by atoms with van der Waals surface area (Å²) in [6.07, 6.45) is 2.09. The molecule has 0 aromatic heterocycles. The molecule has 1 fully saturated rings. The lowest BCUT2D eigenvalue weighted by atomic mass is 9.74. The van der Waals surface area contributed by atoms with Gasteiger partial charge in [-0.25, -0.2) is 13.6 Å². The summed E-state index contributed by atoms with van der Waals surface area (Å²) in [4.78, 5) is 45.9. The maximum Gasteiger partial charge on any atom is 0.410 e. The van der Waals surface area contributed by atoms with Gasteiger partial charge in [-0.2, -0.15) is 0 Å². The van der Waals surface area contributed by atoms with E-state index in [0.717, 1.165) is 41.7 Å². The van der Waals surface area contributed by atoms with Crippen LogP contribution in [-0.4, -0.2) is 79.1 Å². The van der Waals surface area contributed by atoms with E-state index in [1.54, 1.807) is 17.0 Å². The molecular weight excluding hydrogens is 771 g/mol. The molecule has 1 aliphatic carbocycles. The van der Waals surface area contributed by atoms with E-state index in [9.17, 15) is 28.5 Å². The fourth-order valence-corrected chi connectivity index (χ4v) is 7.01. The van der Waals surface area contributed by atoms with E-state index in [2.05, 4.69) is 4.84 Å². The molecule has 3 aromatic carbocycles. The van der Waals surface area contributed by atoms with Crippen LogP contribution in [0.4, 0.5) is 13.6 Å². The molecule has 16 heteroatoms. The number of amides is 2. The van der Waals surface area contributed by atoms with Crippen molar-refractivity contribution in [3.63, 3.8) is 0 Å². The zero-order valence-corrected chi connectivity index (χ0v) is 32.0. The fraction of sp³-hybridized carbons (Fsp3) is 0.421. The highest BCUT2D eigenvalue weighted by molar-refractivity contribution is 6.42. The third-order valence-corrected chi connectivity index (χ3v) is 10.2. The second-order valence-electron chi connectivity index (χ2n) is 13.6. The quantitative estimate of drug-likeness (QED) is 0.0576. The first-order chi connectivity index (χ1) is 25.8. The predicted molar refractivity (Wildman–Crippen MR) is 199 cm³/mol. The molecule has 0 atom stereocenters. The summed E-state index contributed by atoms with van der Waals surface area (Å²) in [5, 5.41) is 9.75. The van der Waals surface area contributed by atoms with Gasteiger partial charge in [0.2, 0.25) is 0 Å². The Hall–Kier alpha value is -4.17. The second kappa shape index (κ2) is 18.4. The molecule has 0 bridgehead atoms. The molecule has 0 radical (unpaired) electrons. The lowest BCUT2D eigenvalue weighted by Gasteiger charge is -2.42. The number of carbonyl (C=O) groups excluding carboxylic acids is 2. The van der Waals surface area contributed by atoms with Gasteiger partial charge in [0.15, 0.2) is 11.6 Å². The van der Waals surface area contributed by atoms with Crippen LogP contribution in [0.5, 0.6) is 5.75 Å². The van der Waals surface area contributed by atoms with Crippen molar-refractivity contribution < 1.29 is 42.5 Å². The first-order valence-corrected chi connectivity index (χ1v) is 18.5. The summed E-state index contributed by atoms with van der Waals surface area (Å²) in [6, 6.07) is 15.0. The average Bonchev–Trinajstić information content (AvgIpc) is 3.98. The van der Waals surface area contributed by atoms with Crippen LogP contribution in [0, 0.1) is 27.2 Å². The van der Waals surface area contributed by atoms with Gasteiger partial charge in [0.25, 0.3) is 11.0 Å². The predicted octanol–water partition coefficient (Wildman–Crippen LogP) is 8.58. The molecule has 0 spiro atoms. The minimum atomic E-state index is -0.917. The van der Waals surface area contributed by atoms with Crippen LogP contribution in [0.3, 0.4) is 0 Å². The van der Waals surface area contributed by atoms with E-state index in [4.69, 9.17) is 49.0 Å². The number of carbonyl (C=O) groups is 2. The molecule has 1 aliphatic heterocycles. The van der Waals surface area contributed by atoms with Gasteiger partial charge in [-0.3, -0.25) is 4.79 Å². The van der Waals surface area contributed by atoms with Crippen molar-refractivity contribution in [2.45, 2.75) is 52.1 Å². The summed E-state index contributed by atoms with van der Waals surface area (Å²) in [7, 11) is 0. The minimum Gasteiger partial charge on any atom is -0.489 e. The Morgan fingerprint density at radius 3 is 2.35 bits per heavy atom. The topological polar surface area (TPSA) is 121 Å². The largest absolute Gasteiger partial charge is 0.489 e. The van der Waals surface area contributed by atoms with E-state index < -0.39 is 33.3 Å². The van der Waals surface area contributed by atoms with E-state index in [1.165, 1.54) is 4.90 Å². The first-order valence-electron chi connectivity index (χ1n) is 17.4. The molecular formula is C38H40Cl3F2N3O8. The first kappa shape index (κ1) is 41.0. The van der Waals surface area contributed by atoms with Crippen molar-refractivity contribution in [3.8, 4) is 5.75 Å². The average molecular weight is 811 g/mol. The zero-order chi connectivity index (χ0) is 39.0. The van der Waals surface area contributed by atoms with Crippen LogP contribution >= 0.6 is 34.8 Å². The molecule has 1 heterocycles. The third kappa shape index (κ3) is 10.5. The monoisotopic (exact) mass is 809 g/mol. The molecule has 2 aliphatic rings. The van der Waals surface area contributed by atoms with Gasteiger partial charge in [0, 0.05) is 30.1 Å². The van der Waals surface area contributed by atoms with Crippen molar-refractivity contribution >= 4 is 52.4 Å². The Labute approximate surface area is 326 Å². The zero-order valence-electron chi connectivity index (χ0n) is 29.8. The Kier molecular flexibility index (Phi) is 14.0. The van der Waals surface area contributed by atoms with Gasteiger partial charge in [0.05, 0.1) is 36.4 Å². The number of hydrogen-bond acceptors (Lipinski definition) is 8. The van der Waals surface area contributed by atoms with E-state index >= 15 is 0 Å². The summed E-state index contributed by atoms with van der Waals surface area (Å²) in [5.74, 6) is -2.05. The van der Waals surface area contributed by atoms with Crippen LogP contribution in [0.2, 0.25) is 15.1 Å². The Balaban J connectivity index is 1.35. The van der Waals surface area contributed by atoms with Crippen molar-refractivity contribution in [3.05, 3.63) is 114 Å². The number of halogens is 5. The van der Waals surface area contributed by atoms with E-state index in [-0.39, 0.29) is 70.4 Å². The molecule has 0 unspecified atom stereocenters. The van der Waals surface area contributed by atoms with Crippen LogP contribution < -0.4 is 4.74 Å². The molecule has 54 heavy (non-hydrogen) atoms. The molecule has 2 amide bonds. The Morgan fingerprint density at radius 1 is 0.944 bits per heavy atom. The van der Waals surface area contributed by atoms with Crippen LogP contribution in [0.25, 0.3) is 5.57 Å². The van der Waals surface area contributed by atoms with Crippen molar-refractivity contribution in [2.75, 3.05) is 46.1 Å². The number of nitrogens with zero attached hydrogens (tertiary/aromatic N) is 3. The van der Waals surface area contributed by atoms with Gasteiger partial charge < -0.3 is 28.8 Å². The highest BCUT2D eigenvalue weighted by Crippen LogP contribution is 2.44. The molecule has 11 nitrogen and oxygen atoms in total.